The van der Waals surface area contributed by atoms with E-state index in [9.17, 15) is 0 Å². The Bertz CT molecular complexity index is 2780. The van der Waals surface area contributed by atoms with E-state index in [1.165, 1.54) is 357 Å². The van der Waals surface area contributed by atoms with Gasteiger partial charge in [0.2, 0.25) is 0 Å². The van der Waals surface area contributed by atoms with Crippen LogP contribution >= 0.6 is 0 Å². The summed E-state index contributed by atoms with van der Waals surface area (Å²) in [4.78, 5) is 0. The lowest BCUT2D eigenvalue weighted by Crippen LogP contribution is -2.00. The smallest absolute Gasteiger partial charge is 0.000719 e. The third kappa shape index (κ3) is 21.5. The van der Waals surface area contributed by atoms with Crippen molar-refractivity contribution >= 4 is 10.8 Å². The second kappa shape index (κ2) is 40.5. The summed E-state index contributed by atoms with van der Waals surface area (Å²) in [6.45, 7) is 9.28. The number of fused-ring (bicyclic) bond motifs is 3. The van der Waals surface area contributed by atoms with E-state index < -0.39 is 0 Å². The fraction of sp³-hybridized carbons (Fsp3) is 0.545. The third-order valence-electron chi connectivity index (χ3n) is 20.2. The number of unbranched alkanes of at least 4 members (excludes halogenated alkanes) is 36. The maximum absolute atomic E-state index is 2.52. The Morgan fingerprint density at radius 1 is 0.182 bits per heavy atom. The number of rotatable bonds is 48. The van der Waals surface area contributed by atoms with Gasteiger partial charge in [-0.05, 0) is 151 Å². The van der Waals surface area contributed by atoms with Gasteiger partial charge in [0.15, 0.2) is 0 Å². The van der Waals surface area contributed by atoms with E-state index in [2.05, 4.69) is 161 Å². The minimum absolute atomic E-state index is 1.15. The molecule has 1 aliphatic carbocycles. The highest BCUT2D eigenvalue weighted by atomic mass is 14.4. The van der Waals surface area contributed by atoms with Crippen LogP contribution in [0.2, 0.25) is 0 Å². The van der Waals surface area contributed by atoms with Crippen LogP contribution in [0.4, 0.5) is 0 Å². The Balaban J connectivity index is 1.16. The number of aryl methyl sites for hydroxylation is 4. The fourth-order valence-electron chi connectivity index (χ4n) is 14.8. The normalized spacial score (nSPS) is 11.8. The fourth-order valence-corrected chi connectivity index (χ4v) is 14.8. The van der Waals surface area contributed by atoms with Crippen LogP contribution < -0.4 is 0 Å². The van der Waals surface area contributed by atoms with E-state index in [4.69, 9.17) is 0 Å². The SMILES string of the molecule is CCCCCCCCCCCCc1ccc(-c2c(-c3ccc(CCCCCCCCCCCC)cc3)c(-c3ccc(CCCCCCCCCCCC)cc3)c3c(c2-c2ccc(CCCCCCCCCCCC)cc2)-c2cccc4cccc-3c24)cc1. The standard InChI is InChI=1S/C88H122/c1-5-9-13-17-21-25-29-33-37-41-47-71-55-63-76(64-56-71)83-84(77-65-57-72(58-66-77)48-42-38-34-30-26-22-18-14-10-6-2)86(79-69-61-74(62-70-79)50-44-40-36-32-28-24-20-16-12-8-4)88-81-54-46-52-75-51-45-53-80(82(75)81)87(88)85(83)78-67-59-73(60-68-78)49-43-39-35-31-27-23-19-15-11-7-3/h45-46,51-70H,5-44,47-50H2,1-4H3. The van der Waals surface area contributed by atoms with E-state index in [1.54, 1.807) is 0 Å². The Morgan fingerprint density at radius 3 is 0.591 bits per heavy atom. The summed E-state index contributed by atoms with van der Waals surface area (Å²) in [5.74, 6) is 0. The van der Waals surface area contributed by atoms with Crippen LogP contribution in [0.15, 0.2) is 133 Å². The predicted molar refractivity (Wildman–Crippen MR) is 392 cm³/mol. The van der Waals surface area contributed by atoms with Crippen molar-refractivity contribution < 1.29 is 0 Å². The Labute approximate surface area is 540 Å². The first-order chi connectivity index (χ1) is 43.6. The first-order valence-corrected chi connectivity index (χ1v) is 37.8. The van der Waals surface area contributed by atoms with Crippen molar-refractivity contribution in [3.63, 3.8) is 0 Å². The van der Waals surface area contributed by atoms with Crippen molar-refractivity contribution in [2.75, 3.05) is 0 Å². The number of hydrogen-bond acceptors (Lipinski definition) is 0. The molecule has 0 aromatic heterocycles. The van der Waals surface area contributed by atoms with Crippen molar-refractivity contribution in [1.82, 2.24) is 0 Å². The molecule has 88 heavy (non-hydrogen) atoms. The molecule has 0 saturated heterocycles. The molecule has 0 heterocycles. The second-order valence-electron chi connectivity index (χ2n) is 27.5. The minimum atomic E-state index is 1.15. The highest BCUT2D eigenvalue weighted by Gasteiger charge is 2.34. The van der Waals surface area contributed by atoms with E-state index in [-0.39, 0.29) is 0 Å². The maximum Gasteiger partial charge on any atom is -0.000719 e. The lowest BCUT2D eigenvalue weighted by molar-refractivity contribution is 0.556. The first-order valence-electron chi connectivity index (χ1n) is 37.8. The van der Waals surface area contributed by atoms with Gasteiger partial charge in [-0.3, -0.25) is 0 Å². The predicted octanol–water partition coefficient (Wildman–Crippen LogP) is 29.0. The van der Waals surface area contributed by atoms with Gasteiger partial charge in [0.25, 0.3) is 0 Å². The average molecular weight is 1180 g/mol. The van der Waals surface area contributed by atoms with Crippen LogP contribution in [-0.4, -0.2) is 0 Å². The quantitative estimate of drug-likeness (QED) is 0.0334. The van der Waals surface area contributed by atoms with Crippen molar-refractivity contribution in [1.29, 1.82) is 0 Å². The summed E-state index contributed by atoms with van der Waals surface area (Å²) in [6.07, 6.45) is 59.5. The molecule has 0 N–H and O–H groups in total. The molecular formula is C88H122. The summed E-state index contributed by atoms with van der Waals surface area (Å²) in [6, 6.07) is 54.2. The Kier molecular flexibility index (Phi) is 31.6. The molecule has 0 fully saturated rings. The number of benzene rings is 7. The highest BCUT2D eigenvalue weighted by molar-refractivity contribution is 6.25. The average Bonchev–Trinajstić information content (AvgIpc) is 1.61. The molecule has 0 spiro atoms. The maximum atomic E-state index is 2.52. The van der Waals surface area contributed by atoms with Gasteiger partial charge in [-0.25, -0.2) is 0 Å². The molecule has 0 unspecified atom stereocenters. The lowest BCUT2D eigenvalue weighted by Gasteiger charge is -2.26. The van der Waals surface area contributed by atoms with Crippen molar-refractivity contribution in [3.05, 3.63) is 156 Å². The molecule has 7 aromatic rings. The molecule has 8 rings (SSSR count). The largest absolute Gasteiger partial charge is 0.0654 e. The minimum Gasteiger partial charge on any atom is -0.0654 e. The molecule has 1 aliphatic rings. The van der Waals surface area contributed by atoms with Crippen LogP contribution in [0.25, 0.3) is 77.5 Å². The second-order valence-corrected chi connectivity index (χ2v) is 27.5. The zero-order valence-corrected chi connectivity index (χ0v) is 56.8. The highest BCUT2D eigenvalue weighted by Crippen LogP contribution is 2.61. The molecule has 0 amide bonds. The lowest BCUT2D eigenvalue weighted by atomic mass is 9.76. The molecule has 0 saturated carbocycles. The van der Waals surface area contributed by atoms with Gasteiger partial charge in [-0.15, -0.1) is 0 Å². The monoisotopic (exact) mass is 1180 g/mol. The van der Waals surface area contributed by atoms with Gasteiger partial charge in [0, 0.05) is 0 Å². The van der Waals surface area contributed by atoms with Gasteiger partial charge in [0.05, 0.1) is 0 Å². The van der Waals surface area contributed by atoms with Gasteiger partial charge in [-0.1, -0.05) is 392 Å². The molecule has 0 aliphatic heterocycles. The molecule has 7 aromatic carbocycles. The van der Waals surface area contributed by atoms with E-state index in [0.717, 1.165) is 25.7 Å². The molecule has 474 valence electrons. The Hall–Kier alpha value is -5.20. The molecule has 0 bridgehead atoms. The summed E-state index contributed by atoms with van der Waals surface area (Å²) in [5, 5.41) is 2.73. The van der Waals surface area contributed by atoms with Gasteiger partial charge >= 0.3 is 0 Å². The van der Waals surface area contributed by atoms with E-state index in [1.807, 2.05) is 0 Å². The van der Waals surface area contributed by atoms with Crippen molar-refractivity contribution in [3.8, 4) is 66.8 Å². The first kappa shape index (κ1) is 68.7. The molecule has 0 heteroatoms. The number of hydrogen-bond donors (Lipinski definition) is 0. The van der Waals surface area contributed by atoms with Crippen LogP contribution in [0.5, 0.6) is 0 Å². The van der Waals surface area contributed by atoms with E-state index >= 15 is 0 Å². The van der Waals surface area contributed by atoms with Crippen LogP contribution in [-0.2, 0) is 25.7 Å². The zero-order chi connectivity index (χ0) is 61.1. The summed E-state index contributed by atoms with van der Waals surface area (Å²) < 4.78 is 0. The van der Waals surface area contributed by atoms with Crippen LogP contribution in [0.1, 0.15) is 307 Å². The van der Waals surface area contributed by atoms with E-state index in [0.29, 0.717) is 0 Å². The molecule has 0 nitrogen and oxygen atoms in total. The molecule has 0 atom stereocenters. The van der Waals surface area contributed by atoms with Crippen LogP contribution in [0.3, 0.4) is 0 Å². The molecule has 0 radical (unpaired) electrons. The van der Waals surface area contributed by atoms with Gasteiger partial charge in [-0.2, -0.15) is 0 Å². The van der Waals surface area contributed by atoms with Crippen molar-refractivity contribution in [2.24, 2.45) is 0 Å². The van der Waals surface area contributed by atoms with Crippen LogP contribution in [0, 0.1) is 0 Å². The Morgan fingerprint density at radius 2 is 0.375 bits per heavy atom. The molecular weight excluding hydrogens is 1060 g/mol. The van der Waals surface area contributed by atoms with Gasteiger partial charge < -0.3 is 0 Å². The van der Waals surface area contributed by atoms with Gasteiger partial charge in [0.1, 0.15) is 0 Å². The summed E-state index contributed by atoms with van der Waals surface area (Å²) >= 11 is 0. The zero-order valence-electron chi connectivity index (χ0n) is 56.8. The summed E-state index contributed by atoms with van der Waals surface area (Å²) in [7, 11) is 0. The summed E-state index contributed by atoms with van der Waals surface area (Å²) in [5.41, 5.74) is 22.3. The van der Waals surface area contributed by atoms with Crippen molar-refractivity contribution in [2.45, 2.75) is 310 Å². The third-order valence-corrected chi connectivity index (χ3v) is 20.2. The topological polar surface area (TPSA) is 0 Å².